The van der Waals surface area contributed by atoms with E-state index in [2.05, 4.69) is 42.4 Å². The average Bonchev–Trinajstić information content (AvgIpc) is 2.63. The Hall–Kier alpha value is -2.43. The van der Waals surface area contributed by atoms with Crippen LogP contribution in [-0.2, 0) is 0 Å². The van der Waals surface area contributed by atoms with E-state index in [-0.39, 0.29) is 5.91 Å². The molecule has 1 amide bonds. The van der Waals surface area contributed by atoms with Crippen LogP contribution in [0.25, 0.3) is 0 Å². The molecule has 132 valence electrons. The van der Waals surface area contributed by atoms with Gasteiger partial charge in [-0.2, -0.15) is 0 Å². The fourth-order valence-electron chi connectivity index (χ4n) is 3.14. The zero-order valence-corrected chi connectivity index (χ0v) is 15.2. The summed E-state index contributed by atoms with van der Waals surface area (Å²) in [5.74, 6) is 1.74. The number of hydrogen-bond donors (Lipinski definition) is 1. The first kappa shape index (κ1) is 17.4. The van der Waals surface area contributed by atoms with Gasteiger partial charge in [-0.25, -0.2) is 0 Å². The van der Waals surface area contributed by atoms with Gasteiger partial charge in [-0.15, -0.1) is 10.2 Å². The number of anilines is 2. The Balaban J connectivity index is 1.69. The van der Waals surface area contributed by atoms with Gasteiger partial charge in [-0.3, -0.25) is 4.79 Å². The number of nitrogens with zero attached hydrogens (tertiary/aromatic N) is 3. The van der Waals surface area contributed by atoms with Gasteiger partial charge in [0, 0.05) is 18.8 Å². The van der Waals surface area contributed by atoms with Crippen LogP contribution in [0.4, 0.5) is 11.5 Å². The van der Waals surface area contributed by atoms with E-state index in [0.717, 1.165) is 31.6 Å². The fourth-order valence-corrected chi connectivity index (χ4v) is 3.14. The highest BCUT2D eigenvalue weighted by Crippen LogP contribution is 2.26. The van der Waals surface area contributed by atoms with E-state index in [4.69, 9.17) is 0 Å². The molecule has 0 aliphatic carbocycles. The van der Waals surface area contributed by atoms with Crippen molar-refractivity contribution in [1.82, 2.24) is 15.1 Å². The molecule has 1 N–H and O–H groups in total. The van der Waals surface area contributed by atoms with E-state index < -0.39 is 0 Å². The van der Waals surface area contributed by atoms with Crippen molar-refractivity contribution in [3.8, 4) is 0 Å². The number of nitrogens with one attached hydrogen (secondary N) is 1. The van der Waals surface area contributed by atoms with Gasteiger partial charge in [0.25, 0.3) is 5.91 Å². The Kier molecular flexibility index (Phi) is 5.31. The maximum absolute atomic E-state index is 12.5. The molecule has 0 atom stereocenters. The van der Waals surface area contributed by atoms with Gasteiger partial charge in [-0.05, 0) is 48.4 Å². The molecule has 0 bridgehead atoms. The van der Waals surface area contributed by atoms with E-state index in [1.54, 1.807) is 6.07 Å². The van der Waals surface area contributed by atoms with Gasteiger partial charge >= 0.3 is 0 Å². The predicted molar refractivity (Wildman–Crippen MR) is 100 cm³/mol. The summed E-state index contributed by atoms with van der Waals surface area (Å²) in [5, 5.41) is 11.6. The zero-order valence-electron chi connectivity index (χ0n) is 15.2. The van der Waals surface area contributed by atoms with E-state index in [9.17, 15) is 4.79 Å². The minimum Gasteiger partial charge on any atom is -0.338 e. The van der Waals surface area contributed by atoms with Crippen molar-refractivity contribution < 1.29 is 4.79 Å². The standard InChI is InChI=1S/C20H26N4O/c1-14(2)16-6-4-5-7-17(16)21-19-9-8-18(22-23-19)20(25)24-12-10-15(3)11-13-24/h4-9,14-15H,10-13H2,1-3H3,(H,21,23). The highest BCUT2D eigenvalue weighted by molar-refractivity contribution is 5.92. The summed E-state index contributed by atoms with van der Waals surface area (Å²) in [6.07, 6.45) is 2.12. The summed E-state index contributed by atoms with van der Waals surface area (Å²) in [6, 6.07) is 11.8. The molecular formula is C20H26N4O. The molecule has 2 aromatic rings. The third-order valence-electron chi connectivity index (χ3n) is 4.80. The minimum absolute atomic E-state index is 0.0199. The molecule has 2 heterocycles. The molecule has 1 aliphatic heterocycles. The second-order valence-electron chi connectivity index (χ2n) is 7.15. The van der Waals surface area contributed by atoms with Crippen molar-refractivity contribution in [2.75, 3.05) is 18.4 Å². The fraction of sp³-hybridized carbons (Fsp3) is 0.450. The molecule has 1 saturated heterocycles. The normalized spacial score (nSPS) is 15.4. The number of piperidine rings is 1. The second-order valence-corrected chi connectivity index (χ2v) is 7.15. The van der Waals surface area contributed by atoms with Crippen molar-refractivity contribution in [3.63, 3.8) is 0 Å². The SMILES string of the molecule is CC1CCN(C(=O)c2ccc(Nc3ccccc3C(C)C)nn2)CC1. The number of likely N-dealkylation sites (tertiary alicyclic amines) is 1. The number of rotatable bonds is 4. The summed E-state index contributed by atoms with van der Waals surface area (Å²) < 4.78 is 0. The van der Waals surface area contributed by atoms with Crippen LogP contribution >= 0.6 is 0 Å². The van der Waals surface area contributed by atoms with Gasteiger partial charge in [0.15, 0.2) is 11.5 Å². The number of benzene rings is 1. The second kappa shape index (κ2) is 7.64. The molecule has 3 rings (SSSR count). The van der Waals surface area contributed by atoms with E-state index >= 15 is 0 Å². The monoisotopic (exact) mass is 338 g/mol. The Bertz CT molecular complexity index is 719. The molecule has 5 nitrogen and oxygen atoms in total. The van der Waals surface area contributed by atoms with Gasteiger partial charge < -0.3 is 10.2 Å². The molecule has 25 heavy (non-hydrogen) atoms. The van der Waals surface area contributed by atoms with Crippen molar-refractivity contribution in [2.45, 2.75) is 39.5 Å². The third-order valence-corrected chi connectivity index (χ3v) is 4.80. The molecule has 0 saturated carbocycles. The van der Waals surface area contributed by atoms with E-state index in [0.29, 0.717) is 23.3 Å². The number of aromatic nitrogens is 2. The molecule has 0 radical (unpaired) electrons. The van der Waals surface area contributed by atoms with Gasteiger partial charge in [0.05, 0.1) is 0 Å². The highest BCUT2D eigenvalue weighted by Gasteiger charge is 2.22. The molecular weight excluding hydrogens is 312 g/mol. The molecule has 1 fully saturated rings. The van der Waals surface area contributed by atoms with Crippen LogP contribution in [0.15, 0.2) is 36.4 Å². The van der Waals surface area contributed by atoms with Crippen LogP contribution < -0.4 is 5.32 Å². The number of para-hydroxylation sites is 1. The first-order valence-electron chi connectivity index (χ1n) is 9.03. The first-order chi connectivity index (χ1) is 12.0. The van der Waals surface area contributed by atoms with Crippen molar-refractivity contribution >= 4 is 17.4 Å². The van der Waals surface area contributed by atoms with E-state index in [1.807, 2.05) is 29.2 Å². The topological polar surface area (TPSA) is 58.1 Å². The van der Waals surface area contributed by atoms with Gasteiger partial charge in [0.1, 0.15) is 0 Å². The lowest BCUT2D eigenvalue weighted by molar-refractivity contribution is 0.0690. The van der Waals surface area contributed by atoms with Crippen molar-refractivity contribution in [1.29, 1.82) is 0 Å². The maximum Gasteiger partial charge on any atom is 0.274 e. The van der Waals surface area contributed by atoms with Gasteiger partial charge in [0.2, 0.25) is 0 Å². The highest BCUT2D eigenvalue weighted by atomic mass is 16.2. The molecule has 0 spiro atoms. The largest absolute Gasteiger partial charge is 0.338 e. The lowest BCUT2D eigenvalue weighted by Gasteiger charge is -2.29. The number of hydrogen-bond acceptors (Lipinski definition) is 4. The first-order valence-corrected chi connectivity index (χ1v) is 9.03. The Morgan fingerprint density at radius 3 is 2.48 bits per heavy atom. The van der Waals surface area contributed by atoms with Crippen LogP contribution in [0.1, 0.15) is 55.6 Å². The number of amides is 1. The van der Waals surface area contributed by atoms with Crippen LogP contribution in [0, 0.1) is 5.92 Å². The molecule has 0 unspecified atom stereocenters. The quantitative estimate of drug-likeness (QED) is 0.907. The Labute approximate surface area is 149 Å². The number of carbonyl (C=O) groups is 1. The molecule has 1 aliphatic rings. The minimum atomic E-state index is -0.0199. The van der Waals surface area contributed by atoms with Crippen LogP contribution in [0.3, 0.4) is 0 Å². The summed E-state index contributed by atoms with van der Waals surface area (Å²) in [5.41, 5.74) is 2.67. The van der Waals surface area contributed by atoms with Crippen molar-refractivity contribution in [3.05, 3.63) is 47.7 Å². The molecule has 5 heteroatoms. The van der Waals surface area contributed by atoms with E-state index in [1.165, 1.54) is 5.56 Å². The zero-order chi connectivity index (χ0) is 17.8. The maximum atomic E-state index is 12.5. The predicted octanol–water partition coefficient (Wildman–Crippen LogP) is 4.22. The summed E-state index contributed by atoms with van der Waals surface area (Å²) >= 11 is 0. The Morgan fingerprint density at radius 1 is 1.12 bits per heavy atom. The van der Waals surface area contributed by atoms with Crippen LogP contribution in [-0.4, -0.2) is 34.1 Å². The average molecular weight is 338 g/mol. The Morgan fingerprint density at radius 2 is 1.84 bits per heavy atom. The lowest BCUT2D eigenvalue weighted by atomic mass is 9.99. The summed E-state index contributed by atoms with van der Waals surface area (Å²) in [4.78, 5) is 14.4. The molecule has 1 aromatic heterocycles. The molecule has 1 aromatic carbocycles. The van der Waals surface area contributed by atoms with Crippen LogP contribution in [0.5, 0.6) is 0 Å². The lowest BCUT2D eigenvalue weighted by Crippen LogP contribution is -2.38. The third kappa shape index (κ3) is 4.16. The van der Waals surface area contributed by atoms with Crippen LogP contribution in [0.2, 0.25) is 0 Å². The smallest absolute Gasteiger partial charge is 0.274 e. The number of carbonyl (C=O) groups excluding carboxylic acids is 1. The van der Waals surface area contributed by atoms with Crippen molar-refractivity contribution in [2.24, 2.45) is 5.92 Å². The van der Waals surface area contributed by atoms with Gasteiger partial charge in [-0.1, -0.05) is 39.0 Å². The summed E-state index contributed by atoms with van der Waals surface area (Å²) in [7, 11) is 0. The summed E-state index contributed by atoms with van der Waals surface area (Å²) in [6.45, 7) is 8.17.